The van der Waals surface area contributed by atoms with Gasteiger partial charge in [-0.15, -0.1) is 0 Å². The lowest BCUT2D eigenvalue weighted by Gasteiger charge is -2.01. The van der Waals surface area contributed by atoms with Crippen LogP contribution in [-0.4, -0.2) is 16.8 Å². The second-order valence-corrected chi connectivity index (χ2v) is 4.20. The van der Waals surface area contributed by atoms with E-state index in [1.165, 1.54) is 0 Å². The van der Waals surface area contributed by atoms with Crippen LogP contribution in [0.5, 0.6) is 0 Å². The van der Waals surface area contributed by atoms with Gasteiger partial charge in [0, 0.05) is 23.1 Å². The molecule has 1 aliphatic rings. The Hall–Kier alpha value is -1.90. The van der Waals surface area contributed by atoms with Crippen LogP contribution in [-0.2, 0) is 0 Å². The Balaban J connectivity index is 2.23. The number of fused-ring (bicyclic) bond motifs is 1. The van der Waals surface area contributed by atoms with Crippen molar-refractivity contribution in [2.45, 2.75) is 12.8 Å². The van der Waals surface area contributed by atoms with Gasteiger partial charge in [0.25, 0.3) is 0 Å². The van der Waals surface area contributed by atoms with Gasteiger partial charge in [0.15, 0.2) is 6.29 Å². The number of aromatic nitrogens is 1. The first-order valence-corrected chi connectivity index (χ1v) is 5.41. The SMILES string of the molecule is O=Cc1cn(C(=O)C2CC2)c2ccccc12. The summed E-state index contributed by atoms with van der Waals surface area (Å²) in [5.74, 6) is 0.277. The molecule has 1 heterocycles. The molecular weight excluding hydrogens is 202 g/mol. The molecule has 1 fully saturated rings. The van der Waals surface area contributed by atoms with E-state index in [1.807, 2.05) is 24.3 Å². The van der Waals surface area contributed by atoms with E-state index < -0.39 is 0 Å². The number of carbonyl (C=O) groups is 2. The molecule has 3 nitrogen and oxygen atoms in total. The largest absolute Gasteiger partial charge is 0.298 e. The molecule has 2 aromatic rings. The van der Waals surface area contributed by atoms with Gasteiger partial charge in [0.1, 0.15) is 0 Å². The van der Waals surface area contributed by atoms with Gasteiger partial charge in [-0.1, -0.05) is 18.2 Å². The zero-order chi connectivity index (χ0) is 11.1. The Labute approximate surface area is 92.7 Å². The predicted molar refractivity (Wildman–Crippen MR) is 60.7 cm³/mol. The zero-order valence-electron chi connectivity index (χ0n) is 8.72. The van der Waals surface area contributed by atoms with E-state index in [9.17, 15) is 9.59 Å². The molecule has 0 amide bonds. The van der Waals surface area contributed by atoms with Gasteiger partial charge in [-0.25, -0.2) is 0 Å². The summed E-state index contributed by atoms with van der Waals surface area (Å²) in [6.07, 6.45) is 4.40. The monoisotopic (exact) mass is 213 g/mol. The highest BCUT2D eigenvalue weighted by molar-refractivity contribution is 6.03. The van der Waals surface area contributed by atoms with Gasteiger partial charge in [-0.2, -0.15) is 0 Å². The average molecular weight is 213 g/mol. The minimum atomic E-state index is 0.115. The van der Waals surface area contributed by atoms with Crippen molar-refractivity contribution < 1.29 is 9.59 Å². The van der Waals surface area contributed by atoms with Crippen molar-refractivity contribution in [2.75, 3.05) is 0 Å². The minimum absolute atomic E-state index is 0.115. The van der Waals surface area contributed by atoms with Crippen LogP contribution in [0.1, 0.15) is 28.0 Å². The quantitative estimate of drug-likeness (QED) is 0.719. The van der Waals surface area contributed by atoms with Crippen LogP contribution < -0.4 is 0 Å². The number of nitrogens with zero attached hydrogens (tertiary/aromatic N) is 1. The third-order valence-corrected chi connectivity index (χ3v) is 3.03. The van der Waals surface area contributed by atoms with E-state index >= 15 is 0 Å². The highest BCUT2D eigenvalue weighted by atomic mass is 16.2. The molecule has 0 atom stereocenters. The van der Waals surface area contributed by atoms with E-state index in [2.05, 4.69) is 0 Å². The lowest BCUT2D eigenvalue weighted by Crippen LogP contribution is -2.10. The Morgan fingerprint density at radius 2 is 2.06 bits per heavy atom. The summed E-state index contributed by atoms with van der Waals surface area (Å²) in [7, 11) is 0. The smallest absolute Gasteiger partial charge is 0.234 e. The number of para-hydroxylation sites is 1. The fraction of sp³-hybridized carbons (Fsp3) is 0.231. The van der Waals surface area contributed by atoms with Crippen LogP contribution in [0.25, 0.3) is 10.9 Å². The summed E-state index contributed by atoms with van der Waals surface area (Å²) >= 11 is 0. The first-order chi connectivity index (χ1) is 7.81. The van der Waals surface area contributed by atoms with Crippen LogP contribution in [0.3, 0.4) is 0 Å². The summed E-state index contributed by atoms with van der Waals surface area (Å²) < 4.78 is 1.62. The van der Waals surface area contributed by atoms with Crippen molar-refractivity contribution in [1.82, 2.24) is 4.57 Å². The molecule has 1 aromatic heterocycles. The van der Waals surface area contributed by atoms with Crippen LogP contribution in [0.4, 0.5) is 0 Å². The number of hydrogen-bond acceptors (Lipinski definition) is 2. The molecule has 80 valence electrons. The fourth-order valence-corrected chi connectivity index (χ4v) is 2.01. The van der Waals surface area contributed by atoms with Crippen molar-refractivity contribution in [3.05, 3.63) is 36.0 Å². The van der Waals surface area contributed by atoms with Gasteiger partial charge in [0.05, 0.1) is 5.52 Å². The summed E-state index contributed by atoms with van der Waals surface area (Å²) in [6, 6.07) is 7.51. The molecule has 0 N–H and O–H groups in total. The molecule has 0 spiro atoms. The molecule has 3 rings (SSSR count). The molecule has 1 aromatic carbocycles. The summed E-state index contributed by atoms with van der Waals surface area (Å²) in [5, 5.41) is 0.853. The maximum atomic E-state index is 12.0. The van der Waals surface area contributed by atoms with Crippen LogP contribution in [0.15, 0.2) is 30.5 Å². The number of aldehydes is 1. The number of benzene rings is 1. The summed E-state index contributed by atoms with van der Waals surface area (Å²) in [6.45, 7) is 0. The van der Waals surface area contributed by atoms with Crippen molar-refractivity contribution >= 4 is 23.1 Å². The van der Waals surface area contributed by atoms with Crippen LogP contribution >= 0.6 is 0 Å². The van der Waals surface area contributed by atoms with E-state index in [-0.39, 0.29) is 11.8 Å². The second kappa shape index (κ2) is 3.30. The Morgan fingerprint density at radius 1 is 1.31 bits per heavy atom. The molecule has 3 heteroatoms. The maximum absolute atomic E-state index is 12.0. The first-order valence-electron chi connectivity index (χ1n) is 5.41. The molecule has 1 aliphatic carbocycles. The highest BCUT2D eigenvalue weighted by Crippen LogP contribution is 2.32. The fourth-order valence-electron chi connectivity index (χ4n) is 2.01. The molecule has 0 unspecified atom stereocenters. The molecule has 0 bridgehead atoms. The van der Waals surface area contributed by atoms with Gasteiger partial charge < -0.3 is 0 Å². The average Bonchev–Trinajstić information content (AvgIpc) is 3.09. The van der Waals surface area contributed by atoms with Gasteiger partial charge >= 0.3 is 0 Å². The summed E-state index contributed by atoms with van der Waals surface area (Å²) in [5.41, 5.74) is 1.42. The molecule has 0 saturated heterocycles. The van der Waals surface area contributed by atoms with Gasteiger partial charge in [-0.3, -0.25) is 14.2 Å². The molecular formula is C13H11NO2. The van der Waals surface area contributed by atoms with Crippen LogP contribution in [0, 0.1) is 5.92 Å². The van der Waals surface area contributed by atoms with Crippen molar-refractivity contribution in [1.29, 1.82) is 0 Å². The van der Waals surface area contributed by atoms with E-state index in [1.54, 1.807) is 10.8 Å². The van der Waals surface area contributed by atoms with E-state index in [0.29, 0.717) is 5.56 Å². The lowest BCUT2D eigenvalue weighted by atomic mass is 10.2. The normalized spacial score (nSPS) is 15.2. The molecule has 1 saturated carbocycles. The van der Waals surface area contributed by atoms with Crippen LogP contribution in [0.2, 0.25) is 0 Å². The molecule has 16 heavy (non-hydrogen) atoms. The minimum Gasteiger partial charge on any atom is -0.298 e. The van der Waals surface area contributed by atoms with Crippen molar-refractivity contribution in [3.63, 3.8) is 0 Å². The maximum Gasteiger partial charge on any atom is 0.234 e. The third-order valence-electron chi connectivity index (χ3n) is 3.03. The van der Waals surface area contributed by atoms with Crippen molar-refractivity contribution in [2.24, 2.45) is 5.92 Å². The second-order valence-electron chi connectivity index (χ2n) is 4.20. The van der Waals surface area contributed by atoms with E-state index in [4.69, 9.17) is 0 Å². The zero-order valence-corrected chi connectivity index (χ0v) is 8.72. The Morgan fingerprint density at radius 3 is 2.75 bits per heavy atom. The predicted octanol–water partition coefficient (Wildman–Crippen LogP) is 2.50. The molecule has 0 aliphatic heterocycles. The molecule has 0 radical (unpaired) electrons. The topological polar surface area (TPSA) is 39.1 Å². The first kappa shape index (κ1) is 9.33. The Kier molecular flexibility index (Phi) is 1.93. The number of hydrogen-bond donors (Lipinski definition) is 0. The Bertz CT molecular complexity index is 579. The van der Waals surface area contributed by atoms with E-state index in [0.717, 1.165) is 30.0 Å². The van der Waals surface area contributed by atoms with Crippen molar-refractivity contribution in [3.8, 4) is 0 Å². The highest BCUT2D eigenvalue weighted by Gasteiger charge is 2.31. The summed E-state index contributed by atoms with van der Waals surface area (Å²) in [4.78, 5) is 22.9. The van der Waals surface area contributed by atoms with Gasteiger partial charge in [-0.05, 0) is 18.9 Å². The van der Waals surface area contributed by atoms with Gasteiger partial charge in [0.2, 0.25) is 5.91 Å². The third kappa shape index (κ3) is 1.28. The number of carbonyl (C=O) groups excluding carboxylic acids is 2. The number of rotatable bonds is 2. The standard InChI is InChI=1S/C13H11NO2/c15-8-10-7-14(13(16)9-5-6-9)12-4-2-1-3-11(10)12/h1-4,7-9H,5-6H2. The lowest BCUT2D eigenvalue weighted by molar-refractivity contribution is 0.0891.